The standard InChI is InChI=1S/C14H21BrO2S/c1-17-14(10-5-3-2-4-6-10)12(16)9-13-11(15)7-8-18-13/h7-8,10,12,14,16H,2-6,9H2,1H3. The molecule has 0 bridgehead atoms. The number of hydrogen-bond acceptors (Lipinski definition) is 3. The molecule has 102 valence electrons. The van der Waals surface area contributed by atoms with Crippen molar-refractivity contribution in [3.05, 3.63) is 20.8 Å². The lowest BCUT2D eigenvalue weighted by molar-refractivity contribution is -0.0533. The third kappa shape index (κ3) is 3.56. The van der Waals surface area contributed by atoms with Gasteiger partial charge in [0.1, 0.15) is 0 Å². The molecule has 2 atom stereocenters. The van der Waals surface area contributed by atoms with Gasteiger partial charge in [-0.05, 0) is 46.1 Å². The van der Waals surface area contributed by atoms with E-state index in [2.05, 4.69) is 21.3 Å². The Hall–Kier alpha value is 0.100. The van der Waals surface area contributed by atoms with Crippen molar-refractivity contribution >= 4 is 27.3 Å². The summed E-state index contributed by atoms with van der Waals surface area (Å²) in [5.74, 6) is 0.525. The highest BCUT2D eigenvalue weighted by Crippen LogP contribution is 2.31. The fraction of sp³-hybridized carbons (Fsp3) is 0.714. The van der Waals surface area contributed by atoms with Crippen LogP contribution in [0.15, 0.2) is 15.9 Å². The molecule has 2 rings (SSSR count). The first-order chi connectivity index (χ1) is 8.72. The largest absolute Gasteiger partial charge is 0.390 e. The van der Waals surface area contributed by atoms with Gasteiger partial charge >= 0.3 is 0 Å². The molecular weight excluding hydrogens is 312 g/mol. The Morgan fingerprint density at radius 1 is 1.44 bits per heavy atom. The van der Waals surface area contributed by atoms with E-state index < -0.39 is 6.10 Å². The Morgan fingerprint density at radius 2 is 2.17 bits per heavy atom. The molecule has 0 aromatic carbocycles. The fourth-order valence-corrected chi connectivity index (χ4v) is 4.47. The number of ether oxygens (including phenoxy) is 1. The third-order valence-electron chi connectivity index (χ3n) is 3.85. The summed E-state index contributed by atoms with van der Waals surface area (Å²) < 4.78 is 6.68. The summed E-state index contributed by atoms with van der Waals surface area (Å²) in [6, 6.07) is 2.04. The van der Waals surface area contributed by atoms with E-state index in [9.17, 15) is 5.11 Å². The molecule has 1 fully saturated rings. The van der Waals surface area contributed by atoms with Crippen molar-refractivity contribution in [2.45, 2.75) is 50.7 Å². The summed E-state index contributed by atoms with van der Waals surface area (Å²) in [6.45, 7) is 0. The van der Waals surface area contributed by atoms with E-state index in [0.29, 0.717) is 12.3 Å². The zero-order valence-electron chi connectivity index (χ0n) is 10.8. The van der Waals surface area contributed by atoms with Crippen LogP contribution in [0.1, 0.15) is 37.0 Å². The van der Waals surface area contributed by atoms with Crippen LogP contribution in [0.2, 0.25) is 0 Å². The van der Waals surface area contributed by atoms with Crippen LogP contribution in [0.3, 0.4) is 0 Å². The second kappa shape index (κ2) is 7.04. The average Bonchev–Trinajstić information content (AvgIpc) is 2.77. The van der Waals surface area contributed by atoms with Crippen LogP contribution in [0.25, 0.3) is 0 Å². The first-order valence-corrected chi connectivity index (χ1v) is 8.32. The molecule has 1 aromatic heterocycles. The van der Waals surface area contributed by atoms with Crippen molar-refractivity contribution in [3.63, 3.8) is 0 Å². The first kappa shape index (κ1) is 14.5. The predicted octanol–water partition coefficient (Wildman–Crippen LogP) is 4.01. The lowest BCUT2D eigenvalue weighted by Crippen LogP contribution is -2.37. The zero-order chi connectivity index (χ0) is 13.0. The van der Waals surface area contributed by atoms with E-state index in [0.717, 1.165) is 4.47 Å². The highest BCUT2D eigenvalue weighted by atomic mass is 79.9. The molecule has 0 amide bonds. The average molecular weight is 333 g/mol. The Bertz CT molecular complexity index is 360. The van der Waals surface area contributed by atoms with Gasteiger partial charge in [-0.1, -0.05) is 19.3 Å². The van der Waals surface area contributed by atoms with Gasteiger partial charge in [-0.2, -0.15) is 0 Å². The molecule has 0 saturated heterocycles. The van der Waals surface area contributed by atoms with Crippen molar-refractivity contribution in [1.82, 2.24) is 0 Å². The van der Waals surface area contributed by atoms with Crippen LogP contribution in [-0.2, 0) is 11.2 Å². The van der Waals surface area contributed by atoms with Gasteiger partial charge < -0.3 is 9.84 Å². The van der Waals surface area contributed by atoms with Crippen molar-refractivity contribution in [1.29, 1.82) is 0 Å². The molecule has 1 heterocycles. The molecule has 0 spiro atoms. The van der Waals surface area contributed by atoms with Crippen molar-refractivity contribution in [2.24, 2.45) is 5.92 Å². The van der Waals surface area contributed by atoms with Crippen molar-refractivity contribution in [2.75, 3.05) is 7.11 Å². The Morgan fingerprint density at radius 3 is 2.72 bits per heavy atom. The number of methoxy groups -OCH3 is 1. The lowest BCUT2D eigenvalue weighted by atomic mass is 9.82. The van der Waals surface area contributed by atoms with Gasteiger partial charge in [0.15, 0.2) is 0 Å². The third-order valence-corrected chi connectivity index (χ3v) is 5.80. The number of halogens is 1. The summed E-state index contributed by atoms with van der Waals surface area (Å²) in [5, 5.41) is 12.5. The van der Waals surface area contributed by atoms with Crippen LogP contribution >= 0.6 is 27.3 Å². The van der Waals surface area contributed by atoms with Gasteiger partial charge in [-0.3, -0.25) is 0 Å². The summed E-state index contributed by atoms with van der Waals surface area (Å²) in [5.41, 5.74) is 0. The molecule has 0 radical (unpaired) electrons. The van der Waals surface area contributed by atoms with Crippen LogP contribution < -0.4 is 0 Å². The van der Waals surface area contributed by atoms with Gasteiger partial charge in [-0.25, -0.2) is 0 Å². The maximum atomic E-state index is 10.4. The van der Waals surface area contributed by atoms with E-state index in [-0.39, 0.29) is 6.10 Å². The second-order valence-electron chi connectivity index (χ2n) is 5.06. The minimum absolute atomic E-state index is 0.0145. The van der Waals surface area contributed by atoms with E-state index in [1.165, 1.54) is 37.0 Å². The summed E-state index contributed by atoms with van der Waals surface area (Å²) in [7, 11) is 1.73. The minimum atomic E-state index is -0.395. The highest BCUT2D eigenvalue weighted by Gasteiger charge is 2.30. The van der Waals surface area contributed by atoms with E-state index in [1.54, 1.807) is 18.4 Å². The van der Waals surface area contributed by atoms with Gasteiger partial charge in [0.05, 0.1) is 12.2 Å². The Balaban J connectivity index is 1.96. The molecule has 4 heteroatoms. The summed E-state index contributed by atoms with van der Waals surface area (Å²) in [4.78, 5) is 1.21. The van der Waals surface area contributed by atoms with Gasteiger partial charge in [0.2, 0.25) is 0 Å². The van der Waals surface area contributed by atoms with Crippen LogP contribution in [0.4, 0.5) is 0 Å². The quantitative estimate of drug-likeness (QED) is 0.882. The maximum Gasteiger partial charge on any atom is 0.0861 e. The van der Waals surface area contributed by atoms with Gasteiger partial charge in [0, 0.05) is 22.9 Å². The Labute approximate surface area is 121 Å². The van der Waals surface area contributed by atoms with Crippen LogP contribution in [0, 0.1) is 5.92 Å². The Kier molecular flexibility index (Phi) is 5.67. The van der Waals surface area contributed by atoms with E-state index in [1.807, 2.05) is 6.07 Å². The molecule has 1 aliphatic carbocycles. The molecule has 18 heavy (non-hydrogen) atoms. The lowest BCUT2D eigenvalue weighted by Gasteiger charge is -2.32. The number of hydrogen-bond donors (Lipinski definition) is 1. The maximum absolute atomic E-state index is 10.4. The number of aliphatic hydroxyl groups excluding tert-OH is 1. The summed E-state index contributed by atoms with van der Waals surface area (Å²) >= 11 is 5.21. The fourth-order valence-electron chi connectivity index (χ4n) is 2.90. The molecule has 1 saturated carbocycles. The van der Waals surface area contributed by atoms with Gasteiger partial charge in [0.25, 0.3) is 0 Å². The SMILES string of the molecule is COC(C(O)Cc1sccc1Br)C1CCCCC1. The minimum Gasteiger partial charge on any atom is -0.390 e. The molecule has 1 aliphatic rings. The number of thiophene rings is 1. The number of aliphatic hydroxyl groups is 1. The van der Waals surface area contributed by atoms with Crippen molar-refractivity contribution in [3.8, 4) is 0 Å². The molecule has 2 unspecified atom stereocenters. The molecule has 1 aromatic rings. The number of rotatable bonds is 5. The topological polar surface area (TPSA) is 29.5 Å². The highest BCUT2D eigenvalue weighted by molar-refractivity contribution is 9.10. The monoisotopic (exact) mass is 332 g/mol. The van der Waals surface area contributed by atoms with E-state index in [4.69, 9.17) is 4.74 Å². The molecule has 2 nitrogen and oxygen atoms in total. The second-order valence-corrected chi connectivity index (χ2v) is 6.92. The van der Waals surface area contributed by atoms with Crippen LogP contribution in [0.5, 0.6) is 0 Å². The first-order valence-electron chi connectivity index (χ1n) is 6.65. The molecule has 1 N–H and O–H groups in total. The van der Waals surface area contributed by atoms with E-state index >= 15 is 0 Å². The summed E-state index contributed by atoms with van der Waals surface area (Å²) in [6.07, 6.45) is 6.56. The predicted molar refractivity (Wildman–Crippen MR) is 79.1 cm³/mol. The normalized spacial score (nSPS) is 20.8. The smallest absolute Gasteiger partial charge is 0.0861 e. The van der Waals surface area contributed by atoms with Crippen molar-refractivity contribution < 1.29 is 9.84 Å². The van der Waals surface area contributed by atoms with Crippen LogP contribution in [-0.4, -0.2) is 24.4 Å². The zero-order valence-corrected chi connectivity index (χ0v) is 13.2. The van der Waals surface area contributed by atoms with Gasteiger partial charge in [-0.15, -0.1) is 11.3 Å². The molecule has 0 aliphatic heterocycles. The molecular formula is C14H21BrO2S.